The van der Waals surface area contributed by atoms with Gasteiger partial charge in [0.15, 0.2) is 6.20 Å². The molecule has 0 N–H and O–H groups in total. The molecule has 6 rings (SSSR count). The van der Waals surface area contributed by atoms with Gasteiger partial charge in [-0.05, 0) is 72.4 Å². The molecule has 0 saturated heterocycles. The Morgan fingerprint density at radius 3 is 1.86 bits per heavy atom. The van der Waals surface area contributed by atoms with E-state index in [4.69, 9.17) is 4.42 Å². The maximum Gasteiger partial charge on any atom is 0.216 e. The molecule has 6 aromatic rings. The SMILES string of the molecule is Cc1cccc(C)c1-c1ccc(-c2c(C#N)ccc3c2oc2c(-c4cccc[n+]4C)c(C)ccc23)cc1. The van der Waals surface area contributed by atoms with E-state index in [2.05, 4.69) is 92.1 Å². The molecule has 178 valence electrons. The molecule has 0 saturated carbocycles. The summed E-state index contributed by atoms with van der Waals surface area (Å²) < 4.78 is 8.80. The van der Waals surface area contributed by atoms with E-state index in [1.165, 1.54) is 22.3 Å². The fraction of sp³-hybridized carbons (Fsp3) is 0.118. The smallest absolute Gasteiger partial charge is 0.216 e. The number of aromatic nitrogens is 1. The summed E-state index contributed by atoms with van der Waals surface area (Å²) in [6.45, 7) is 6.40. The summed E-state index contributed by atoms with van der Waals surface area (Å²) in [5, 5.41) is 12.1. The molecule has 0 spiro atoms. The van der Waals surface area contributed by atoms with Crippen molar-refractivity contribution in [2.75, 3.05) is 0 Å². The second-order valence-corrected chi connectivity index (χ2v) is 9.75. The Kier molecular flexibility index (Phi) is 5.39. The first-order valence-electron chi connectivity index (χ1n) is 12.5. The van der Waals surface area contributed by atoms with Crippen LogP contribution in [0.1, 0.15) is 22.3 Å². The number of aryl methyl sites for hydroxylation is 4. The fourth-order valence-corrected chi connectivity index (χ4v) is 5.56. The van der Waals surface area contributed by atoms with E-state index in [1.54, 1.807) is 0 Å². The van der Waals surface area contributed by atoms with Crippen molar-refractivity contribution in [1.82, 2.24) is 0 Å². The molecule has 3 heteroatoms. The summed E-state index contributed by atoms with van der Waals surface area (Å²) in [5.41, 5.74) is 12.3. The molecule has 0 fully saturated rings. The summed E-state index contributed by atoms with van der Waals surface area (Å²) >= 11 is 0. The predicted octanol–water partition coefficient (Wildman–Crippen LogP) is 8.21. The summed E-state index contributed by atoms with van der Waals surface area (Å²) in [5.74, 6) is 0. The average molecular weight is 480 g/mol. The van der Waals surface area contributed by atoms with Gasteiger partial charge in [0.1, 0.15) is 18.2 Å². The van der Waals surface area contributed by atoms with E-state index in [0.717, 1.165) is 49.9 Å². The van der Waals surface area contributed by atoms with Crippen molar-refractivity contribution in [3.05, 3.63) is 113 Å². The molecule has 0 aliphatic heterocycles. The van der Waals surface area contributed by atoms with Crippen LogP contribution in [0.25, 0.3) is 55.4 Å². The van der Waals surface area contributed by atoms with Gasteiger partial charge in [0.25, 0.3) is 0 Å². The molecule has 37 heavy (non-hydrogen) atoms. The Morgan fingerprint density at radius 2 is 1.22 bits per heavy atom. The minimum Gasteiger partial charge on any atom is -0.454 e. The van der Waals surface area contributed by atoms with Crippen molar-refractivity contribution >= 4 is 21.9 Å². The second kappa shape index (κ2) is 8.76. The van der Waals surface area contributed by atoms with Crippen LogP contribution in [-0.2, 0) is 7.05 Å². The third-order valence-corrected chi connectivity index (χ3v) is 7.39. The molecule has 0 aliphatic carbocycles. The third kappa shape index (κ3) is 3.61. The van der Waals surface area contributed by atoms with Gasteiger partial charge in [-0.2, -0.15) is 5.26 Å². The molecule has 0 unspecified atom stereocenters. The van der Waals surface area contributed by atoms with Gasteiger partial charge in [-0.3, -0.25) is 0 Å². The first kappa shape index (κ1) is 22.8. The van der Waals surface area contributed by atoms with Gasteiger partial charge in [0, 0.05) is 28.5 Å². The van der Waals surface area contributed by atoms with Crippen molar-refractivity contribution in [2.24, 2.45) is 7.05 Å². The Labute approximate surface area is 216 Å². The molecule has 0 bridgehead atoms. The number of rotatable bonds is 3. The van der Waals surface area contributed by atoms with Crippen LogP contribution in [0.15, 0.2) is 95.5 Å². The first-order valence-corrected chi connectivity index (χ1v) is 12.5. The lowest BCUT2D eigenvalue weighted by molar-refractivity contribution is -0.660. The number of hydrogen-bond acceptors (Lipinski definition) is 2. The highest BCUT2D eigenvalue weighted by Crippen LogP contribution is 2.42. The average Bonchev–Trinajstić information content (AvgIpc) is 3.27. The lowest BCUT2D eigenvalue weighted by Gasteiger charge is -2.11. The quantitative estimate of drug-likeness (QED) is 0.240. The Morgan fingerprint density at radius 1 is 0.622 bits per heavy atom. The van der Waals surface area contributed by atoms with Crippen LogP contribution in [0, 0.1) is 32.1 Å². The Bertz CT molecular complexity index is 1850. The maximum absolute atomic E-state index is 10.0. The second-order valence-electron chi connectivity index (χ2n) is 9.75. The predicted molar refractivity (Wildman–Crippen MR) is 150 cm³/mol. The van der Waals surface area contributed by atoms with Crippen molar-refractivity contribution in [1.29, 1.82) is 5.26 Å². The number of fused-ring (bicyclic) bond motifs is 3. The number of hydrogen-bond donors (Lipinski definition) is 0. The van der Waals surface area contributed by atoms with Gasteiger partial charge in [-0.1, -0.05) is 54.6 Å². The lowest BCUT2D eigenvalue weighted by Crippen LogP contribution is -2.30. The van der Waals surface area contributed by atoms with Crippen LogP contribution in [0.5, 0.6) is 0 Å². The van der Waals surface area contributed by atoms with E-state index >= 15 is 0 Å². The van der Waals surface area contributed by atoms with Crippen LogP contribution < -0.4 is 4.57 Å². The number of pyridine rings is 1. The standard InChI is InChI=1S/C34H27N2O/c1-21-8-7-9-22(2)30(21)24-12-14-25(15-13-24)32-26(20-35)16-18-28-27-17-11-23(3)31(33(27)37-34(28)32)29-10-5-6-19-36(29)4/h5-19H,1-4H3/q+1. The zero-order chi connectivity index (χ0) is 25.7. The van der Waals surface area contributed by atoms with E-state index in [-0.39, 0.29) is 0 Å². The molecule has 2 heterocycles. The number of nitrogens with zero attached hydrogens (tertiary/aromatic N) is 2. The highest BCUT2D eigenvalue weighted by Gasteiger charge is 2.23. The van der Waals surface area contributed by atoms with Gasteiger partial charge in [-0.25, -0.2) is 4.57 Å². The van der Waals surface area contributed by atoms with Crippen molar-refractivity contribution in [3.63, 3.8) is 0 Å². The molecule has 0 atom stereocenters. The van der Waals surface area contributed by atoms with Crippen LogP contribution >= 0.6 is 0 Å². The maximum atomic E-state index is 10.0. The van der Waals surface area contributed by atoms with Gasteiger partial charge in [0.2, 0.25) is 5.69 Å². The number of furan rings is 1. The lowest BCUT2D eigenvalue weighted by atomic mass is 9.92. The number of nitriles is 1. The fourth-order valence-electron chi connectivity index (χ4n) is 5.56. The molecule has 0 amide bonds. The summed E-state index contributed by atoms with van der Waals surface area (Å²) in [4.78, 5) is 0. The van der Waals surface area contributed by atoms with Crippen molar-refractivity contribution in [3.8, 4) is 39.6 Å². The monoisotopic (exact) mass is 479 g/mol. The minimum absolute atomic E-state index is 0.606. The van der Waals surface area contributed by atoms with E-state index in [1.807, 2.05) is 37.5 Å². The van der Waals surface area contributed by atoms with Gasteiger partial charge in [0.05, 0.1) is 17.2 Å². The van der Waals surface area contributed by atoms with Gasteiger partial charge < -0.3 is 4.42 Å². The largest absolute Gasteiger partial charge is 0.454 e. The summed E-state index contributed by atoms with van der Waals surface area (Å²) in [7, 11) is 2.05. The minimum atomic E-state index is 0.606. The molecular formula is C34H27N2O+. The van der Waals surface area contributed by atoms with Crippen LogP contribution in [0.3, 0.4) is 0 Å². The molecule has 4 aromatic carbocycles. The van der Waals surface area contributed by atoms with Crippen molar-refractivity contribution < 1.29 is 8.98 Å². The van der Waals surface area contributed by atoms with Crippen LogP contribution in [0.2, 0.25) is 0 Å². The zero-order valence-electron chi connectivity index (χ0n) is 21.5. The molecule has 0 radical (unpaired) electrons. The Balaban J connectivity index is 1.60. The number of benzene rings is 4. The van der Waals surface area contributed by atoms with Gasteiger partial charge >= 0.3 is 0 Å². The molecular weight excluding hydrogens is 452 g/mol. The molecule has 3 nitrogen and oxygen atoms in total. The van der Waals surface area contributed by atoms with E-state index in [9.17, 15) is 5.26 Å². The van der Waals surface area contributed by atoms with Crippen molar-refractivity contribution in [2.45, 2.75) is 20.8 Å². The summed E-state index contributed by atoms with van der Waals surface area (Å²) in [6, 6.07) is 31.7. The zero-order valence-corrected chi connectivity index (χ0v) is 21.5. The molecule has 0 aliphatic rings. The van der Waals surface area contributed by atoms with E-state index < -0.39 is 0 Å². The topological polar surface area (TPSA) is 40.8 Å². The first-order chi connectivity index (χ1) is 18.0. The third-order valence-electron chi connectivity index (χ3n) is 7.39. The highest BCUT2D eigenvalue weighted by molar-refractivity contribution is 6.14. The summed E-state index contributed by atoms with van der Waals surface area (Å²) in [6.07, 6.45) is 2.05. The van der Waals surface area contributed by atoms with Crippen LogP contribution in [0.4, 0.5) is 0 Å². The van der Waals surface area contributed by atoms with Crippen LogP contribution in [-0.4, -0.2) is 0 Å². The molecule has 2 aromatic heterocycles. The van der Waals surface area contributed by atoms with Gasteiger partial charge in [-0.15, -0.1) is 0 Å². The Hall–Kier alpha value is -4.68. The van der Waals surface area contributed by atoms with E-state index in [0.29, 0.717) is 5.56 Å². The normalized spacial score (nSPS) is 11.2. The highest BCUT2D eigenvalue weighted by atomic mass is 16.3.